The highest BCUT2D eigenvalue weighted by molar-refractivity contribution is 5.71. The minimum absolute atomic E-state index is 0.110. The molecule has 0 aromatic rings. The first-order valence-electron chi connectivity index (χ1n) is 8.53. The predicted molar refractivity (Wildman–Crippen MR) is 90.2 cm³/mol. The molecule has 0 fully saturated rings. The zero-order chi connectivity index (χ0) is 17.6. The van der Waals surface area contributed by atoms with E-state index in [0.717, 1.165) is 25.7 Å². The molecule has 3 N–H and O–H groups in total. The van der Waals surface area contributed by atoms with Crippen LogP contribution in [0.5, 0.6) is 0 Å². The molecule has 0 spiro atoms. The number of ether oxygens (including phenoxy) is 1. The molecule has 0 aliphatic carbocycles. The Morgan fingerprint density at radius 3 is 2.22 bits per heavy atom. The summed E-state index contributed by atoms with van der Waals surface area (Å²) in [6.45, 7) is 7.27. The largest absolute Gasteiger partial charge is 0.477 e. The lowest BCUT2D eigenvalue weighted by Gasteiger charge is -2.40. The number of hydrogen-bond acceptors (Lipinski definition) is 4. The van der Waals surface area contributed by atoms with Crippen LogP contribution in [0.15, 0.2) is 12.7 Å². The molecule has 0 amide bonds. The highest BCUT2D eigenvalue weighted by Crippen LogP contribution is 2.14. The molecule has 136 valence electrons. The van der Waals surface area contributed by atoms with E-state index < -0.39 is 12.0 Å². The molecule has 0 aromatic heterocycles. The number of aliphatic hydroxyl groups is 2. The number of hydrogen-bond donors (Lipinski definition) is 3. The Morgan fingerprint density at radius 1 is 1.09 bits per heavy atom. The zero-order valence-electron chi connectivity index (χ0n) is 14.5. The van der Waals surface area contributed by atoms with E-state index in [0.29, 0.717) is 32.8 Å². The minimum atomic E-state index is -0.922. The second-order valence-electron chi connectivity index (χ2n) is 5.95. The van der Waals surface area contributed by atoms with Crippen LogP contribution in [0.4, 0.5) is 0 Å². The molecule has 0 heterocycles. The number of carbonyl (C=O) groups is 1. The lowest BCUT2D eigenvalue weighted by atomic mass is 10.1. The lowest BCUT2D eigenvalue weighted by Crippen LogP contribution is -2.61. The van der Waals surface area contributed by atoms with Crippen molar-refractivity contribution in [1.82, 2.24) is 0 Å². The van der Waals surface area contributed by atoms with Crippen LogP contribution in [-0.2, 0) is 9.53 Å². The van der Waals surface area contributed by atoms with Crippen molar-refractivity contribution in [1.29, 1.82) is 0 Å². The number of rotatable bonds is 16. The molecule has 0 saturated heterocycles. The van der Waals surface area contributed by atoms with Crippen molar-refractivity contribution in [3.05, 3.63) is 12.7 Å². The van der Waals surface area contributed by atoms with E-state index in [1.165, 1.54) is 6.42 Å². The van der Waals surface area contributed by atoms with Gasteiger partial charge in [0.1, 0.15) is 19.6 Å². The summed E-state index contributed by atoms with van der Waals surface area (Å²) in [5, 5.41) is 27.8. The lowest BCUT2D eigenvalue weighted by molar-refractivity contribution is -0.942. The summed E-state index contributed by atoms with van der Waals surface area (Å²) in [4.78, 5) is 11.3. The van der Waals surface area contributed by atoms with Crippen molar-refractivity contribution in [3.8, 4) is 0 Å². The fourth-order valence-electron chi connectivity index (χ4n) is 2.74. The summed E-state index contributed by atoms with van der Waals surface area (Å²) in [5.74, 6) is -0.922. The molecule has 0 aliphatic rings. The van der Waals surface area contributed by atoms with Gasteiger partial charge in [-0.1, -0.05) is 18.9 Å². The number of aliphatic hydroxyl groups excluding tert-OH is 2. The summed E-state index contributed by atoms with van der Waals surface area (Å²) >= 11 is 0. The first-order chi connectivity index (χ1) is 11.0. The molecule has 0 bridgehead atoms. The van der Waals surface area contributed by atoms with Gasteiger partial charge in [0.2, 0.25) is 0 Å². The van der Waals surface area contributed by atoms with E-state index in [-0.39, 0.29) is 17.7 Å². The van der Waals surface area contributed by atoms with Crippen LogP contribution in [0.25, 0.3) is 0 Å². The fraction of sp³-hybridized carbons (Fsp3) is 0.824. The van der Waals surface area contributed by atoms with Gasteiger partial charge < -0.3 is 24.5 Å². The monoisotopic (exact) mass is 332 g/mol. The van der Waals surface area contributed by atoms with Gasteiger partial charge in [-0.15, -0.1) is 6.58 Å². The first kappa shape index (κ1) is 22.1. The average molecular weight is 332 g/mol. The van der Waals surface area contributed by atoms with Crippen molar-refractivity contribution in [3.63, 3.8) is 0 Å². The number of allylic oxidation sites excluding steroid dienone is 1. The molecule has 0 radical (unpaired) electrons. The summed E-state index contributed by atoms with van der Waals surface area (Å²) in [5.41, 5.74) is 0. The highest BCUT2D eigenvalue weighted by atomic mass is 16.5. The Bertz CT molecular complexity index is 316. The summed E-state index contributed by atoms with van der Waals surface area (Å²) in [7, 11) is 0. The van der Waals surface area contributed by atoms with Crippen molar-refractivity contribution in [2.24, 2.45) is 0 Å². The Balaban J connectivity index is 4.18. The predicted octanol–water partition coefficient (Wildman–Crippen LogP) is 1.41. The molecule has 1 unspecified atom stereocenters. The summed E-state index contributed by atoms with van der Waals surface area (Å²) in [6.07, 6.45) is 7.42. The van der Waals surface area contributed by atoms with Crippen molar-refractivity contribution in [2.75, 3.05) is 46.1 Å². The van der Waals surface area contributed by atoms with Gasteiger partial charge in [0.05, 0.1) is 19.8 Å². The fourth-order valence-corrected chi connectivity index (χ4v) is 2.74. The van der Waals surface area contributed by atoms with E-state index in [1.807, 2.05) is 6.08 Å². The van der Waals surface area contributed by atoms with Crippen LogP contribution in [0.3, 0.4) is 0 Å². The van der Waals surface area contributed by atoms with Gasteiger partial charge in [0.15, 0.2) is 6.04 Å². The standard InChI is InChI=1S/C17H33NO5/c1-3-4-5-6-7-8-14-23-15-11-18(9-12-19,10-13-20)16(2)17(21)22/h3,16,19-20H,1,4-15H2,2H3/p+1. The Hall–Kier alpha value is -0.950. The molecule has 0 aliphatic heterocycles. The van der Waals surface area contributed by atoms with E-state index in [9.17, 15) is 20.1 Å². The van der Waals surface area contributed by atoms with Crippen LogP contribution in [0.1, 0.15) is 39.0 Å². The van der Waals surface area contributed by atoms with Gasteiger partial charge in [-0.25, -0.2) is 4.79 Å². The summed E-state index contributed by atoms with van der Waals surface area (Å²) < 4.78 is 5.77. The van der Waals surface area contributed by atoms with Gasteiger partial charge in [0.25, 0.3) is 0 Å². The smallest absolute Gasteiger partial charge is 0.362 e. The normalized spacial score (nSPS) is 13.0. The van der Waals surface area contributed by atoms with Crippen LogP contribution < -0.4 is 0 Å². The molecule has 0 rings (SSSR count). The van der Waals surface area contributed by atoms with Crippen LogP contribution in [0.2, 0.25) is 0 Å². The maximum absolute atomic E-state index is 11.3. The molecule has 1 atom stereocenters. The molecule has 23 heavy (non-hydrogen) atoms. The van der Waals surface area contributed by atoms with Crippen molar-refractivity contribution < 1.29 is 29.3 Å². The van der Waals surface area contributed by atoms with E-state index in [1.54, 1.807) is 6.92 Å². The van der Waals surface area contributed by atoms with E-state index >= 15 is 0 Å². The molecule has 6 nitrogen and oxygen atoms in total. The second kappa shape index (κ2) is 13.5. The molecular formula is C17H34NO5+. The van der Waals surface area contributed by atoms with Crippen LogP contribution in [0, 0.1) is 0 Å². The number of carboxylic acid groups (broad SMARTS) is 1. The zero-order valence-corrected chi connectivity index (χ0v) is 14.5. The molecular weight excluding hydrogens is 298 g/mol. The SMILES string of the molecule is C=CCCCCCCOCC[N+](CCO)(CCO)C(C)C(=O)O. The third-order valence-electron chi connectivity index (χ3n) is 4.40. The van der Waals surface area contributed by atoms with Gasteiger partial charge in [0, 0.05) is 6.61 Å². The highest BCUT2D eigenvalue weighted by Gasteiger charge is 2.37. The summed E-state index contributed by atoms with van der Waals surface area (Å²) in [6, 6.07) is -0.684. The number of nitrogens with zero attached hydrogens (tertiary/aromatic N) is 1. The maximum Gasteiger partial charge on any atom is 0.362 e. The Labute approximate surface area is 140 Å². The third-order valence-corrected chi connectivity index (χ3v) is 4.40. The van der Waals surface area contributed by atoms with Gasteiger partial charge in [-0.2, -0.15) is 0 Å². The first-order valence-corrected chi connectivity index (χ1v) is 8.53. The van der Waals surface area contributed by atoms with Gasteiger partial charge in [-0.3, -0.25) is 0 Å². The number of quaternary nitrogens is 1. The van der Waals surface area contributed by atoms with Crippen molar-refractivity contribution in [2.45, 2.75) is 45.1 Å². The third kappa shape index (κ3) is 9.05. The van der Waals surface area contributed by atoms with E-state index in [2.05, 4.69) is 6.58 Å². The topological polar surface area (TPSA) is 87.0 Å². The van der Waals surface area contributed by atoms with Gasteiger partial charge in [-0.05, 0) is 26.2 Å². The average Bonchev–Trinajstić information content (AvgIpc) is 2.52. The minimum Gasteiger partial charge on any atom is -0.477 e. The molecule has 0 aromatic carbocycles. The quantitative estimate of drug-likeness (QED) is 0.226. The Morgan fingerprint density at radius 2 is 1.70 bits per heavy atom. The van der Waals surface area contributed by atoms with Crippen LogP contribution in [-0.4, -0.2) is 77.9 Å². The number of aliphatic carboxylic acids is 1. The molecule has 0 saturated carbocycles. The van der Waals surface area contributed by atoms with Gasteiger partial charge >= 0.3 is 5.97 Å². The Kier molecular flexibility index (Phi) is 12.9. The molecule has 6 heteroatoms. The second-order valence-corrected chi connectivity index (χ2v) is 5.95. The van der Waals surface area contributed by atoms with Crippen molar-refractivity contribution >= 4 is 5.97 Å². The van der Waals surface area contributed by atoms with Crippen LogP contribution >= 0.6 is 0 Å². The van der Waals surface area contributed by atoms with E-state index in [4.69, 9.17) is 4.74 Å². The number of unbranched alkanes of at least 4 members (excludes halogenated alkanes) is 4. The number of carboxylic acids is 1. The maximum atomic E-state index is 11.3.